The lowest BCUT2D eigenvalue weighted by molar-refractivity contribution is -0.115. The summed E-state index contributed by atoms with van der Waals surface area (Å²) in [6.07, 6.45) is 3.76. The molecule has 0 spiro atoms. The molecule has 3 nitrogen and oxygen atoms in total. The Kier molecular flexibility index (Phi) is 3.56. The van der Waals surface area contributed by atoms with Gasteiger partial charge in [0.25, 0.3) is 0 Å². The highest BCUT2D eigenvalue weighted by atomic mass is 32.2. The van der Waals surface area contributed by atoms with Gasteiger partial charge in [-0.2, -0.15) is 0 Å². The van der Waals surface area contributed by atoms with Gasteiger partial charge in [-0.05, 0) is 42.2 Å². The van der Waals surface area contributed by atoms with E-state index in [0.717, 1.165) is 16.9 Å². The molecule has 2 aromatic rings. The van der Waals surface area contributed by atoms with E-state index in [2.05, 4.69) is 10.3 Å². The number of amides is 1. The van der Waals surface area contributed by atoms with Gasteiger partial charge in [-0.25, -0.2) is 0 Å². The van der Waals surface area contributed by atoms with Crippen LogP contribution in [-0.2, 0) is 4.79 Å². The van der Waals surface area contributed by atoms with Gasteiger partial charge in [0, 0.05) is 16.8 Å². The van der Waals surface area contributed by atoms with Gasteiger partial charge in [-0.1, -0.05) is 18.2 Å². The SMILES string of the molecule is CSc1ccc(N=CC2C(=O)Nc3ccccc32)cc1. The number of nitrogens with zero attached hydrogens (tertiary/aromatic N) is 1. The van der Waals surface area contributed by atoms with Crippen molar-refractivity contribution in [2.24, 2.45) is 4.99 Å². The van der Waals surface area contributed by atoms with Crippen LogP contribution in [0.2, 0.25) is 0 Å². The molecule has 100 valence electrons. The van der Waals surface area contributed by atoms with Crippen molar-refractivity contribution in [2.45, 2.75) is 10.8 Å². The molecule has 0 saturated heterocycles. The van der Waals surface area contributed by atoms with Crippen molar-refractivity contribution < 1.29 is 4.79 Å². The normalized spacial score (nSPS) is 17.2. The number of nitrogens with one attached hydrogen (secondary N) is 1. The molecule has 1 aliphatic heterocycles. The van der Waals surface area contributed by atoms with E-state index in [0.29, 0.717) is 0 Å². The Morgan fingerprint density at radius 2 is 1.90 bits per heavy atom. The first-order valence-electron chi connectivity index (χ1n) is 6.36. The fraction of sp³-hybridized carbons (Fsp3) is 0.125. The first-order valence-corrected chi connectivity index (χ1v) is 7.58. The van der Waals surface area contributed by atoms with Gasteiger partial charge in [0.1, 0.15) is 5.92 Å². The quantitative estimate of drug-likeness (QED) is 0.686. The van der Waals surface area contributed by atoms with Crippen molar-refractivity contribution in [3.05, 3.63) is 54.1 Å². The highest BCUT2D eigenvalue weighted by molar-refractivity contribution is 7.98. The molecule has 1 unspecified atom stereocenters. The van der Waals surface area contributed by atoms with Gasteiger partial charge in [-0.15, -0.1) is 11.8 Å². The average molecular weight is 282 g/mol. The number of hydrogen-bond acceptors (Lipinski definition) is 3. The topological polar surface area (TPSA) is 41.5 Å². The molecule has 1 N–H and O–H groups in total. The van der Waals surface area contributed by atoms with E-state index >= 15 is 0 Å². The fourth-order valence-electron chi connectivity index (χ4n) is 2.21. The maximum Gasteiger partial charge on any atom is 0.237 e. The maximum absolute atomic E-state index is 11.9. The number of para-hydroxylation sites is 1. The molecule has 1 atom stereocenters. The number of benzene rings is 2. The van der Waals surface area contributed by atoms with Crippen molar-refractivity contribution in [1.29, 1.82) is 0 Å². The minimum atomic E-state index is -0.300. The summed E-state index contributed by atoms with van der Waals surface area (Å²) in [6.45, 7) is 0. The first kappa shape index (κ1) is 12.9. The summed E-state index contributed by atoms with van der Waals surface area (Å²) < 4.78 is 0. The molecule has 0 aromatic heterocycles. The highest BCUT2D eigenvalue weighted by Gasteiger charge is 2.28. The molecule has 20 heavy (non-hydrogen) atoms. The lowest BCUT2D eigenvalue weighted by atomic mass is 10.0. The Hall–Kier alpha value is -2.07. The summed E-state index contributed by atoms with van der Waals surface area (Å²) in [4.78, 5) is 17.6. The summed E-state index contributed by atoms with van der Waals surface area (Å²) in [5.74, 6) is -0.317. The fourth-order valence-corrected chi connectivity index (χ4v) is 2.62. The molecule has 0 fully saturated rings. The van der Waals surface area contributed by atoms with Gasteiger partial charge in [0.05, 0.1) is 5.69 Å². The van der Waals surface area contributed by atoms with Crippen molar-refractivity contribution in [3.8, 4) is 0 Å². The standard InChI is InChI=1S/C16H14N2OS/c1-20-12-8-6-11(7-9-12)17-10-14-13-4-2-3-5-15(13)18-16(14)19/h2-10,14H,1H3,(H,18,19). The third kappa shape index (κ3) is 2.47. The molecular formula is C16H14N2OS. The molecule has 0 aliphatic carbocycles. The van der Waals surface area contributed by atoms with E-state index in [9.17, 15) is 4.79 Å². The number of carbonyl (C=O) groups is 1. The Morgan fingerprint density at radius 3 is 2.65 bits per heavy atom. The second-order valence-corrected chi connectivity index (χ2v) is 5.41. The van der Waals surface area contributed by atoms with Crippen LogP contribution in [-0.4, -0.2) is 18.4 Å². The minimum Gasteiger partial charge on any atom is -0.325 e. The number of anilines is 1. The molecule has 0 bridgehead atoms. The molecular weight excluding hydrogens is 268 g/mol. The zero-order chi connectivity index (χ0) is 13.9. The molecule has 0 saturated carbocycles. The molecule has 1 amide bonds. The van der Waals surface area contributed by atoms with Crippen LogP contribution in [0.1, 0.15) is 11.5 Å². The lowest BCUT2D eigenvalue weighted by Crippen LogP contribution is -2.12. The largest absolute Gasteiger partial charge is 0.325 e. The van der Waals surface area contributed by atoms with Gasteiger partial charge < -0.3 is 5.32 Å². The second-order valence-electron chi connectivity index (χ2n) is 4.53. The molecule has 4 heteroatoms. The molecule has 0 radical (unpaired) electrons. The van der Waals surface area contributed by atoms with Gasteiger partial charge in [0.15, 0.2) is 0 Å². The zero-order valence-electron chi connectivity index (χ0n) is 11.0. The van der Waals surface area contributed by atoms with Crippen LogP contribution in [0.25, 0.3) is 0 Å². The van der Waals surface area contributed by atoms with Gasteiger partial charge in [0.2, 0.25) is 5.91 Å². The van der Waals surface area contributed by atoms with Crippen molar-refractivity contribution >= 4 is 35.3 Å². The summed E-state index contributed by atoms with van der Waals surface area (Å²) in [7, 11) is 0. The van der Waals surface area contributed by atoms with Crippen LogP contribution in [0.5, 0.6) is 0 Å². The number of carbonyl (C=O) groups excluding carboxylic acids is 1. The monoisotopic (exact) mass is 282 g/mol. The number of rotatable bonds is 3. The van der Waals surface area contributed by atoms with Crippen LogP contribution < -0.4 is 5.32 Å². The third-order valence-corrected chi connectivity index (χ3v) is 4.02. The zero-order valence-corrected chi connectivity index (χ0v) is 11.9. The predicted octanol–water partition coefficient (Wildman–Crippen LogP) is 3.85. The van der Waals surface area contributed by atoms with Crippen LogP contribution >= 0.6 is 11.8 Å². The Balaban J connectivity index is 1.83. The Bertz CT molecular complexity index is 664. The maximum atomic E-state index is 11.9. The van der Waals surface area contributed by atoms with E-state index in [1.807, 2.05) is 54.8 Å². The smallest absolute Gasteiger partial charge is 0.237 e. The third-order valence-electron chi connectivity index (χ3n) is 3.28. The second kappa shape index (κ2) is 5.51. The molecule has 2 aromatic carbocycles. The summed E-state index contributed by atoms with van der Waals surface area (Å²) in [6, 6.07) is 15.7. The van der Waals surface area contributed by atoms with Crippen LogP contribution in [0.3, 0.4) is 0 Å². The lowest BCUT2D eigenvalue weighted by Gasteiger charge is -2.02. The molecule has 1 heterocycles. The predicted molar refractivity (Wildman–Crippen MR) is 84.2 cm³/mol. The van der Waals surface area contributed by atoms with E-state index in [1.54, 1.807) is 18.0 Å². The minimum absolute atomic E-state index is 0.0179. The number of aliphatic imine (C=N–C) groups is 1. The van der Waals surface area contributed by atoms with E-state index in [1.165, 1.54) is 4.90 Å². The van der Waals surface area contributed by atoms with Crippen LogP contribution in [0.4, 0.5) is 11.4 Å². The van der Waals surface area contributed by atoms with E-state index in [4.69, 9.17) is 0 Å². The summed E-state index contributed by atoms with van der Waals surface area (Å²) in [5, 5.41) is 2.87. The number of fused-ring (bicyclic) bond motifs is 1. The first-order chi connectivity index (χ1) is 9.78. The number of hydrogen-bond donors (Lipinski definition) is 1. The van der Waals surface area contributed by atoms with Gasteiger partial charge in [-0.3, -0.25) is 9.79 Å². The van der Waals surface area contributed by atoms with E-state index in [-0.39, 0.29) is 11.8 Å². The summed E-state index contributed by atoms with van der Waals surface area (Å²) >= 11 is 1.70. The highest BCUT2D eigenvalue weighted by Crippen LogP contribution is 2.31. The van der Waals surface area contributed by atoms with Crippen molar-refractivity contribution in [3.63, 3.8) is 0 Å². The summed E-state index contributed by atoms with van der Waals surface area (Å²) in [5.41, 5.74) is 2.73. The van der Waals surface area contributed by atoms with E-state index < -0.39 is 0 Å². The number of thioether (sulfide) groups is 1. The molecule has 1 aliphatic rings. The van der Waals surface area contributed by atoms with Crippen molar-refractivity contribution in [2.75, 3.05) is 11.6 Å². The Labute approximate surface area is 122 Å². The van der Waals surface area contributed by atoms with Crippen molar-refractivity contribution in [1.82, 2.24) is 0 Å². The Morgan fingerprint density at radius 1 is 1.15 bits per heavy atom. The molecule has 3 rings (SSSR count). The van der Waals surface area contributed by atoms with Crippen LogP contribution in [0.15, 0.2) is 58.4 Å². The van der Waals surface area contributed by atoms with Gasteiger partial charge >= 0.3 is 0 Å². The average Bonchev–Trinajstić information content (AvgIpc) is 2.81. The van der Waals surface area contributed by atoms with Crippen LogP contribution in [0, 0.1) is 0 Å².